The van der Waals surface area contributed by atoms with Crippen LogP contribution in [-0.4, -0.2) is 16.2 Å². The molecule has 0 saturated heterocycles. The molecule has 0 unspecified atom stereocenters. The van der Waals surface area contributed by atoms with E-state index in [1.165, 1.54) is 0 Å². The number of fused-ring (bicyclic) bond motifs is 3. The van der Waals surface area contributed by atoms with Gasteiger partial charge >= 0.3 is 0 Å². The Balaban J connectivity index is 1.67. The molecule has 0 N–H and O–H groups in total. The number of rotatable bonds is 2. The van der Waals surface area contributed by atoms with Gasteiger partial charge in [-0.05, 0) is 6.07 Å². The SMILES string of the molecule is ClCc1nc([C@H]2[C@@H]3Oc4c(Cl)cccc4[C@@H]32)no1. The van der Waals surface area contributed by atoms with Crippen LogP contribution in [-0.2, 0) is 5.88 Å². The molecule has 4 rings (SSSR count). The van der Waals surface area contributed by atoms with Crippen molar-refractivity contribution in [1.82, 2.24) is 10.1 Å². The van der Waals surface area contributed by atoms with E-state index in [2.05, 4.69) is 10.1 Å². The van der Waals surface area contributed by atoms with Crippen molar-refractivity contribution in [3.63, 3.8) is 0 Å². The molecule has 1 saturated carbocycles. The van der Waals surface area contributed by atoms with Gasteiger partial charge in [0.25, 0.3) is 0 Å². The lowest BCUT2D eigenvalue weighted by Crippen LogP contribution is -2.00. The first-order valence-corrected chi connectivity index (χ1v) is 6.54. The Morgan fingerprint density at radius 2 is 2.17 bits per heavy atom. The molecule has 1 aliphatic carbocycles. The molecule has 0 amide bonds. The second-order valence-electron chi connectivity index (χ2n) is 4.47. The van der Waals surface area contributed by atoms with Crippen LogP contribution in [0.4, 0.5) is 0 Å². The molecule has 2 aromatic rings. The number of alkyl halides is 1. The third-order valence-electron chi connectivity index (χ3n) is 3.46. The minimum absolute atomic E-state index is 0.0840. The Labute approximate surface area is 113 Å². The van der Waals surface area contributed by atoms with Crippen LogP contribution in [0.1, 0.15) is 29.1 Å². The van der Waals surface area contributed by atoms with Gasteiger partial charge < -0.3 is 9.26 Å². The van der Waals surface area contributed by atoms with Crippen molar-refractivity contribution in [2.75, 3.05) is 0 Å². The lowest BCUT2D eigenvalue weighted by atomic mass is 10.1. The number of benzene rings is 1. The summed E-state index contributed by atoms with van der Waals surface area (Å²) >= 11 is 11.7. The number of hydrogen-bond donors (Lipinski definition) is 0. The van der Waals surface area contributed by atoms with Crippen LogP contribution in [0.5, 0.6) is 5.75 Å². The minimum Gasteiger partial charge on any atom is -0.487 e. The van der Waals surface area contributed by atoms with Crippen LogP contribution in [0, 0.1) is 0 Å². The highest BCUT2D eigenvalue weighted by Gasteiger charge is 2.62. The highest BCUT2D eigenvalue weighted by Crippen LogP contribution is 2.63. The van der Waals surface area contributed by atoms with E-state index in [1.807, 2.05) is 18.2 Å². The summed E-state index contributed by atoms with van der Waals surface area (Å²) in [5.74, 6) is 2.61. The van der Waals surface area contributed by atoms with Crippen molar-refractivity contribution in [3.8, 4) is 5.75 Å². The maximum Gasteiger partial charge on any atom is 0.241 e. The molecule has 3 atom stereocenters. The number of hydrogen-bond acceptors (Lipinski definition) is 4. The summed E-state index contributed by atoms with van der Waals surface area (Å²) in [6.45, 7) is 0. The second kappa shape index (κ2) is 3.62. The first kappa shape index (κ1) is 10.6. The third-order valence-corrected chi connectivity index (χ3v) is 3.99. The van der Waals surface area contributed by atoms with E-state index in [1.54, 1.807) is 0 Å². The molecular weight excluding hydrogens is 275 g/mol. The molecular formula is C12H8Cl2N2O2. The summed E-state index contributed by atoms with van der Waals surface area (Å²) < 4.78 is 10.9. The van der Waals surface area contributed by atoms with Gasteiger partial charge in [0.05, 0.1) is 10.9 Å². The van der Waals surface area contributed by atoms with E-state index >= 15 is 0 Å². The number of ether oxygens (including phenoxy) is 1. The van der Waals surface area contributed by atoms with E-state index in [0.717, 1.165) is 11.3 Å². The van der Waals surface area contributed by atoms with Gasteiger partial charge in [-0.2, -0.15) is 4.98 Å². The first-order valence-electron chi connectivity index (χ1n) is 5.63. The maximum atomic E-state index is 6.08. The van der Waals surface area contributed by atoms with Crippen molar-refractivity contribution in [2.45, 2.75) is 23.8 Å². The Hall–Kier alpha value is -1.26. The molecule has 1 aromatic heterocycles. The van der Waals surface area contributed by atoms with Crippen LogP contribution in [0.25, 0.3) is 0 Å². The quantitative estimate of drug-likeness (QED) is 0.794. The molecule has 2 heterocycles. The summed E-state index contributed by atoms with van der Waals surface area (Å²) in [5, 5.41) is 4.60. The monoisotopic (exact) mass is 282 g/mol. The fourth-order valence-electron chi connectivity index (χ4n) is 2.61. The Morgan fingerprint density at radius 3 is 2.94 bits per heavy atom. The predicted octanol–water partition coefficient (Wildman–Crippen LogP) is 3.10. The molecule has 1 aromatic carbocycles. The zero-order valence-electron chi connectivity index (χ0n) is 9.14. The fraction of sp³-hybridized carbons (Fsp3) is 0.333. The Bertz CT molecular complexity index is 628. The van der Waals surface area contributed by atoms with E-state index in [0.29, 0.717) is 22.7 Å². The summed E-state index contributed by atoms with van der Waals surface area (Å²) in [5.41, 5.74) is 1.13. The summed E-state index contributed by atoms with van der Waals surface area (Å²) in [4.78, 5) is 4.25. The van der Waals surface area contributed by atoms with Gasteiger partial charge in [0.15, 0.2) is 5.82 Å². The molecule has 1 aliphatic heterocycles. The molecule has 92 valence electrons. The van der Waals surface area contributed by atoms with Crippen LogP contribution in [0.3, 0.4) is 0 Å². The standard InChI is InChI=1S/C12H8Cl2N2O2/c13-4-7-15-12(16-18-7)9-8-5-2-1-3-6(14)10(5)17-11(8)9/h1-3,8-9,11H,4H2/t8-,9-,11-/m1/s1. The van der Waals surface area contributed by atoms with Crippen molar-refractivity contribution >= 4 is 23.2 Å². The van der Waals surface area contributed by atoms with Crippen LogP contribution < -0.4 is 4.74 Å². The summed E-state index contributed by atoms with van der Waals surface area (Å²) in [6.07, 6.45) is 0.0840. The maximum absolute atomic E-state index is 6.08. The third kappa shape index (κ3) is 1.33. The number of para-hydroxylation sites is 1. The van der Waals surface area contributed by atoms with Gasteiger partial charge in [-0.1, -0.05) is 28.9 Å². The van der Waals surface area contributed by atoms with Gasteiger partial charge in [0.2, 0.25) is 5.89 Å². The second-order valence-corrected chi connectivity index (χ2v) is 5.15. The smallest absolute Gasteiger partial charge is 0.241 e. The van der Waals surface area contributed by atoms with Crippen LogP contribution in [0.15, 0.2) is 22.7 Å². The first-order chi connectivity index (χ1) is 8.79. The largest absolute Gasteiger partial charge is 0.487 e. The molecule has 4 nitrogen and oxygen atoms in total. The number of nitrogens with zero attached hydrogens (tertiary/aromatic N) is 2. The summed E-state index contributed by atoms with van der Waals surface area (Å²) in [7, 11) is 0. The van der Waals surface area contributed by atoms with Gasteiger partial charge in [-0.25, -0.2) is 0 Å². The zero-order valence-corrected chi connectivity index (χ0v) is 10.6. The summed E-state index contributed by atoms with van der Waals surface area (Å²) in [6, 6.07) is 5.80. The average Bonchev–Trinajstić information content (AvgIpc) is 2.79. The van der Waals surface area contributed by atoms with Gasteiger partial charge in [0, 0.05) is 11.5 Å². The number of halogens is 2. The van der Waals surface area contributed by atoms with E-state index < -0.39 is 0 Å². The van der Waals surface area contributed by atoms with Gasteiger partial charge in [-0.15, -0.1) is 11.6 Å². The van der Waals surface area contributed by atoms with Crippen LogP contribution >= 0.6 is 23.2 Å². The fourth-order valence-corrected chi connectivity index (χ4v) is 2.95. The van der Waals surface area contributed by atoms with Crippen molar-refractivity contribution in [2.24, 2.45) is 0 Å². The normalized spacial score (nSPS) is 27.6. The topological polar surface area (TPSA) is 48.2 Å². The average molecular weight is 283 g/mol. The van der Waals surface area contributed by atoms with Crippen LogP contribution in [0.2, 0.25) is 5.02 Å². The Morgan fingerprint density at radius 1 is 1.28 bits per heavy atom. The van der Waals surface area contributed by atoms with Gasteiger partial charge in [-0.3, -0.25) is 0 Å². The zero-order chi connectivity index (χ0) is 12.3. The highest BCUT2D eigenvalue weighted by atomic mass is 35.5. The predicted molar refractivity (Wildman–Crippen MR) is 65.2 cm³/mol. The molecule has 6 heteroatoms. The minimum atomic E-state index is 0.0840. The molecule has 2 aliphatic rings. The highest BCUT2D eigenvalue weighted by molar-refractivity contribution is 6.32. The lowest BCUT2D eigenvalue weighted by molar-refractivity contribution is 0.306. The molecule has 0 spiro atoms. The van der Waals surface area contributed by atoms with E-state index in [4.69, 9.17) is 32.5 Å². The van der Waals surface area contributed by atoms with Crippen molar-refractivity contribution in [1.29, 1.82) is 0 Å². The molecule has 1 fully saturated rings. The van der Waals surface area contributed by atoms with Crippen molar-refractivity contribution in [3.05, 3.63) is 40.5 Å². The molecule has 18 heavy (non-hydrogen) atoms. The number of aromatic nitrogens is 2. The molecule has 0 radical (unpaired) electrons. The van der Waals surface area contributed by atoms with Gasteiger partial charge in [0.1, 0.15) is 17.7 Å². The van der Waals surface area contributed by atoms with E-state index in [9.17, 15) is 0 Å². The van der Waals surface area contributed by atoms with E-state index in [-0.39, 0.29) is 17.9 Å². The lowest BCUT2D eigenvalue weighted by Gasteiger charge is -2.07. The Kier molecular flexibility index (Phi) is 2.14. The van der Waals surface area contributed by atoms with Crippen molar-refractivity contribution < 1.29 is 9.26 Å². The molecule has 0 bridgehead atoms.